The molecule has 2 amide bonds. The Labute approximate surface area is 341 Å². The van der Waals surface area contributed by atoms with Gasteiger partial charge in [0.2, 0.25) is 0 Å². The molecule has 316 valence electrons. The summed E-state index contributed by atoms with van der Waals surface area (Å²) in [5, 5.41) is 11.6. The van der Waals surface area contributed by atoms with Crippen LogP contribution in [0, 0.1) is 23.0 Å². The Bertz CT molecular complexity index is 2340. The third kappa shape index (κ3) is 8.38. The number of halogens is 5. The zero-order valence-corrected chi connectivity index (χ0v) is 34.5. The molecule has 0 saturated carbocycles. The number of anilines is 2. The number of thiazole rings is 1. The van der Waals surface area contributed by atoms with Crippen LogP contribution in [-0.4, -0.2) is 99.1 Å². The summed E-state index contributed by atoms with van der Waals surface area (Å²) in [4.78, 5) is 44.4. The fraction of sp³-hybridized carbons (Fsp3) is 0.550. The smallest absolute Gasteiger partial charge is 0.417 e. The molecule has 13 nitrogen and oxygen atoms in total. The summed E-state index contributed by atoms with van der Waals surface area (Å²) in [5.41, 5.74) is -5.90. The molecule has 3 aliphatic rings. The first-order chi connectivity index (χ1) is 27.6. The van der Waals surface area contributed by atoms with Gasteiger partial charge in [-0.1, -0.05) is 11.3 Å². The average molecular weight is 845 g/mol. The first-order valence-electron chi connectivity index (χ1n) is 19.3. The maximum atomic E-state index is 17.4. The van der Waals surface area contributed by atoms with Crippen molar-refractivity contribution in [1.29, 1.82) is 5.26 Å². The fourth-order valence-electron chi connectivity index (χ4n) is 8.17. The normalized spacial score (nSPS) is 21.3. The van der Waals surface area contributed by atoms with E-state index in [-0.39, 0.29) is 70.8 Å². The van der Waals surface area contributed by atoms with Gasteiger partial charge in [-0.3, -0.25) is 15.1 Å². The minimum Gasteiger partial charge on any atom is -0.461 e. The quantitative estimate of drug-likeness (QED) is 0.178. The van der Waals surface area contributed by atoms with Crippen molar-refractivity contribution in [3.8, 4) is 23.2 Å². The largest absolute Gasteiger partial charge is 0.461 e. The highest BCUT2D eigenvalue weighted by atomic mass is 32.1. The number of nitriles is 1. The number of carbonyl (C=O) groups excluding carboxylic acids is 2. The number of piperazine rings is 1. The number of alkyl halides is 3. The molecule has 59 heavy (non-hydrogen) atoms. The van der Waals surface area contributed by atoms with Gasteiger partial charge in [0, 0.05) is 29.6 Å². The van der Waals surface area contributed by atoms with Gasteiger partial charge in [-0.05, 0) is 99.0 Å². The molecule has 4 aromatic rings. The predicted molar refractivity (Wildman–Crippen MR) is 210 cm³/mol. The second-order valence-corrected chi connectivity index (χ2v) is 18.3. The Balaban J connectivity index is 1.38. The minimum absolute atomic E-state index is 0.0300. The fourth-order valence-corrected chi connectivity index (χ4v) is 9.05. The molecular formula is C40H45F5N8O5S. The van der Waals surface area contributed by atoms with Gasteiger partial charge in [-0.25, -0.2) is 23.4 Å². The van der Waals surface area contributed by atoms with Crippen molar-refractivity contribution >= 4 is 55.6 Å². The van der Waals surface area contributed by atoms with Crippen molar-refractivity contribution in [3.63, 3.8) is 0 Å². The van der Waals surface area contributed by atoms with Crippen LogP contribution in [0.5, 0.6) is 6.01 Å². The molecule has 2 bridgehead atoms. The summed E-state index contributed by atoms with van der Waals surface area (Å²) in [5.74, 6) is -2.26. The third-order valence-electron chi connectivity index (χ3n) is 10.8. The van der Waals surface area contributed by atoms with E-state index in [4.69, 9.17) is 14.2 Å². The van der Waals surface area contributed by atoms with Crippen LogP contribution in [0.4, 0.5) is 42.5 Å². The molecule has 0 radical (unpaired) electrons. The highest BCUT2D eigenvalue weighted by Crippen LogP contribution is 2.47. The van der Waals surface area contributed by atoms with Gasteiger partial charge in [0.25, 0.3) is 0 Å². The monoisotopic (exact) mass is 844 g/mol. The number of aromatic nitrogens is 3. The Kier molecular flexibility index (Phi) is 10.8. The zero-order valence-electron chi connectivity index (χ0n) is 33.7. The number of ether oxygens (including phenoxy) is 3. The number of hydrogen-bond acceptors (Lipinski definition) is 12. The summed E-state index contributed by atoms with van der Waals surface area (Å²) >= 11 is 0.649. The van der Waals surface area contributed by atoms with E-state index in [1.165, 1.54) is 0 Å². The minimum atomic E-state index is -5.14. The van der Waals surface area contributed by atoms with Crippen LogP contribution in [0.25, 0.3) is 32.2 Å². The molecule has 3 atom stereocenters. The summed E-state index contributed by atoms with van der Waals surface area (Å²) < 4.78 is 95.3. The van der Waals surface area contributed by atoms with Crippen LogP contribution in [0.3, 0.4) is 0 Å². The van der Waals surface area contributed by atoms with Gasteiger partial charge < -0.3 is 19.1 Å². The van der Waals surface area contributed by atoms with E-state index in [1.54, 1.807) is 51.3 Å². The number of rotatable bonds is 7. The molecule has 3 saturated heterocycles. The second-order valence-electron chi connectivity index (χ2n) is 17.3. The number of carbonyl (C=O) groups is 2. The highest BCUT2D eigenvalue weighted by molar-refractivity contribution is 7.22. The maximum Gasteiger partial charge on any atom is 0.417 e. The van der Waals surface area contributed by atoms with E-state index in [1.807, 2.05) is 11.9 Å². The van der Waals surface area contributed by atoms with Crippen molar-refractivity contribution in [2.45, 2.75) is 109 Å². The first kappa shape index (κ1) is 42.0. The SMILES string of the molecule is CN1CCCC1(CC#N)COc1nc(N2CC3CCC(C2)N3C(=O)OC(C)(C)C)c2cc(C(F)(F)F)c(-c3ccc(F)c4sc(NC(=O)OC(C)(C)C)nc34)c(F)c2n1. The third-order valence-corrected chi connectivity index (χ3v) is 11.8. The van der Waals surface area contributed by atoms with E-state index in [0.717, 1.165) is 24.6 Å². The number of benzene rings is 2. The lowest BCUT2D eigenvalue weighted by Crippen LogP contribution is -2.57. The number of nitrogens with one attached hydrogen (secondary N) is 1. The number of likely N-dealkylation sites (tertiary alicyclic amines) is 1. The van der Waals surface area contributed by atoms with Crippen molar-refractivity contribution < 1.29 is 45.8 Å². The molecule has 3 aliphatic heterocycles. The first-order valence-corrected chi connectivity index (χ1v) is 20.1. The molecule has 7 rings (SSSR count). The number of amides is 2. The van der Waals surface area contributed by atoms with Crippen LogP contribution in [-0.2, 0) is 15.7 Å². The summed E-state index contributed by atoms with van der Waals surface area (Å²) in [6.07, 6.45) is -3.84. The molecule has 2 aromatic heterocycles. The van der Waals surface area contributed by atoms with Gasteiger partial charge in [0.15, 0.2) is 10.9 Å². The van der Waals surface area contributed by atoms with E-state index in [2.05, 4.69) is 26.3 Å². The molecule has 3 unspecified atom stereocenters. The van der Waals surface area contributed by atoms with Gasteiger partial charge >= 0.3 is 24.4 Å². The predicted octanol–water partition coefficient (Wildman–Crippen LogP) is 8.90. The van der Waals surface area contributed by atoms with Crippen LogP contribution in [0.15, 0.2) is 18.2 Å². The Morgan fingerprint density at radius 1 is 1.00 bits per heavy atom. The van der Waals surface area contributed by atoms with E-state index < -0.39 is 68.9 Å². The van der Waals surface area contributed by atoms with Crippen molar-refractivity contribution in [2.24, 2.45) is 0 Å². The molecule has 5 heterocycles. The van der Waals surface area contributed by atoms with Crippen LogP contribution in [0.2, 0.25) is 0 Å². The Morgan fingerprint density at radius 3 is 2.27 bits per heavy atom. The zero-order chi connectivity index (χ0) is 42.8. The lowest BCUT2D eigenvalue weighted by Gasteiger charge is -2.42. The van der Waals surface area contributed by atoms with Crippen LogP contribution >= 0.6 is 11.3 Å². The Morgan fingerprint density at radius 2 is 1.68 bits per heavy atom. The maximum absolute atomic E-state index is 17.4. The lowest BCUT2D eigenvalue weighted by molar-refractivity contribution is -0.137. The number of fused-ring (bicyclic) bond motifs is 4. The number of hydrogen-bond donors (Lipinski definition) is 1. The van der Waals surface area contributed by atoms with Gasteiger partial charge in [0.05, 0.1) is 45.9 Å². The highest BCUT2D eigenvalue weighted by Gasteiger charge is 2.46. The molecule has 2 aromatic carbocycles. The van der Waals surface area contributed by atoms with Crippen LogP contribution < -0.4 is 15.0 Å². The second kappa shape index (κ2) is 15.2. The average Bonchev–Trinajstić information content (AvgIpc) is 3.79. The van der Waals surface area contributed by atoms with Crippen molar-refractivity contribution in [1.82, 2.24) is 24.8 Å². The molecule has 0 aliphatic carbocycles. The van der Waals surface area contributed by atoms with E-state index in [9.17, 15) is 14.9 Å². The summed E-state index contributed by atoms with van der Waals surface area (Å²) in [7, 11) is 1.86. The molecule has 1 N–H and O–H groups in total. The molecular weight excluding hydrogens is 800 g/mol. The van der Waals surface area contributed by atoms with Gasteiger partial charge in [0.1, 0.15) is 35.0 Å². The lowest BCUT2D eigenvalue weighted by atomic mass is 9.94. The Hall–Kier alpha value is -5.09. The topological polar surface area (TPSA) is 146 Å². The molecule has 3 fully saturated rings. The van der Waals surface area contributed by atoms with Gasteiger partial charge in [-0.2, -0.15) is 28.4 Å². The van der Waals surface area contributed by atoms with Crippen LogP contribution in [0.1, 0.15) is 79.2 Å². The molecule has 19 heteroatoms. The van der Waals surface area contributed by atoms with E-state index in [0.29, 0.717) is 37.1 Å². The van der Waals surface area contributed by atoms with Crippen molar-refractivity contribution in [2.75, 3.05) is 43.5 Å². The summed E-state index contributed by atoms with van der Waals surface area (Å²) in [6.45, 7) is 11.1. The number of likely N-dealkylation sites (N-methyl/N-ethyl adjacent to an activating group) is 1. The van der Waals surface area contributed by atoms with Crippen molar-refractivity contribution in [3.05, 3.63) is 35.4 Å². The number of nitrogens with zero attached hydrogens (tertiary/aromatic N) is 7. The summed E-state index contributed by atoms with van der Waals surface area (Å²) in [6, 6.07) is 3.81. The molecule has 0 spiro atoms. The van der Waals surface area contributed by atoms with Gasteiger partial charge in [-0.15, -0.1) is 0 Å². The van der Waals surface area contributed by atoms with E-state index >= 15 is 22.0 Å². The standard InChI is InChI=1S/C40H45F5N8O5S/c1-37(2,3)57-35(54)50-34-48-30-23(11-12-26(41)31(30)59-34)27-25(40(43,44)45)17-24-29(28(27)42)47-33(56-20-39(14-15-46)13-8-16-51(39)7)49-32(24)52-18-21-9-10-22(19-52)53(21)36(55)58-38(4,5)6/h11-12,17,21-22H,8-10,13-14,16,18-20H2,1-7H3,(H,48,50,54).